The van der Waals surface area contributed by atoms with Crippen LogP contribution in [0.4, 0.5) is 5.69 Å². The van der Waals surface area contributed by atoms with Crippen molar-refractivity contribution >= 4 is 34.9 Å². The largest absolute Gasteiger partial charge is 0.428 e. The lowest BCUT2D eigenvalue weighted by Crippen LogP contribution is -2.41. The number of halogens is 2. The second-order valence-electron chi connectivity index (χ2n) is 6.73. The minimum absolute atomic E-state index is 0.220. The molecule has 2 rings (SSSR count). The summed E-state index contributed by atoms with van der Waals surface area (Å²) in [5, 5.41) is 11.2. The van der Waals surface area contributed by atoms with E-state index in [1.807, 2.05) is 0 Å². The fourth-order valence-corrected chi connectivity index (χ4v) is 2.69. The molecule has 0 saturated carbocycles. The summed E-state index contributed by atoms with van der Waals surface area (Å²) in [6.07, 6.45) is -1.41. The number of esters is 1. The predicted molar refractivity (Wildman–Crippen MR) is 103 cm³/mol. The molecule has 0 N–H and O–H groups in total. The third-order valence-electron chi connectivity index (χ3n) is 3.45. The third kappa shape index (κ3) is 5.42. The van der Waals surface area contributed by atoms with Crippen LogP contribution in [0.5, 0.6) is 0 Å². The van der Waals surface area contributed by atoms with Crippen LogP contribution in [-0.2, 0) is 13.8 Å². The lowest BCUT2D eigenvalue weighted by Gasteiger charge is -2.34. The Balaban J connectivity index is 2.39. The fraction of sp³-hybridized carbons (Fsp3) is 0.316. The normalized spacial score (nSPS) is 13.1. The zero-order chi connectivity index (χ0) is 20.2. The Morgan fingerprint density at radius 1 is 1.04 bits per heavy atom. The van der Waals surface area contributed by atoms with Crippen LogP contribution in [0, 0.1) is 10.1 Å². The number of para-hydroxylation sites is 1. The Labute approximate surface area is 167 Å². The number of carbonyl (C=O) groups excluding carboxylic acids is 1. The van der Waals surface area contributed by atoms with Gasteiger partial charge in [0.2, 0.25) is 10.6 Å². The van der Waals surface area contributed by atoms with Gasteiger partial charge in [0.1, 0.15) is 5.56 Å². The molecule has 0 radical (unpaired) electrons. The van der Waals surface area contributed by atoms with Gasteiger partial charge in [-0.3, -0.25) is 10.1 Å². The molecule has 144 valence electrons. The number of nitro groups is 1. The summed E-state index contributed by atoms with van der Waals surface area (Å²) in [7, 11) is 0. The Morgan fingerprint density at radius 2 is 1.59 bits per heavy atom. The molecule has 0 bridgehead atoms. The summed E-state index contributed by atoms with van der Waals surface area (Å²) in [5.74, 6) is -0.960. The van der Waals surface area contributed by atoms with Crippen molar-refractivity contribution < 1.29 is 19.2 Å². The van der Waals surface area contributed by atoms with Crippen LogP contribution in [0.15, 0.2) is 54.6 Å². The first-order chi connectivity index (χ1) is 12.5. The van der Waals surface area contributed by atoms with Crippen LogP contribution in [0.2, 0.25) is 0 Å². The minimum Gasteiger partial charge on any atom is -0.428 e. The van der Waals surface area contributed by atoms with Crippen LogP contribution < -0.4 is 0 Å². The highest BCUT2D eigenvalue weighted by molar-refractivity contribution is 6.48. The third-order valence-corrected chi connectivity index (χ3v) is 4.24. The molecule has 0 amide bonds. The molecule has 0 aromatic heterocycles. The van der Waals surface area contributed by atoms with Gasteiger partial charge in [-0.25, -0.2) is 4.79 Å². The molecular weight excluding hydrogens is 393 g/mol. The molecule has 0 saturated heterocycles. The second-order valence-corrected chi connectivity index (χ2v) is 8.12. The Hall–Kier alpha value is -2.15. The lowest BCUT2D eigenvalue weighted by molar-refractivity contribution is -0.385. The maximum Gasteiger partial charge on any atom is 0.347 e. The average Bonchev–Trinajstić information content (AvgIpc) is 2.60. The van der Waals surface area contributed by atoms with E-state index in [2.05, 4.69) is 0 Å². The van der Waals surface area contributed by atoms with E-state index in [1.165, 1.54) is 24.3 Å². The lowest BCUT2D eigenvalue weighted by atomic mass is 10.1. The van der Waals surface area contributed by atoms with Crippen molar-refractivity contribution in [2.75, 3.05) is 0 Å². The van der Waals surface area contributed by atoms with Gasteiger partial charge >= 0.3 is 5.97 Å². The van der Waals surface area contributed by atoms with Crippen LogP contribution in [0.3, 0.4) is 0 Å². The maximum atomic E-state index is 12.6. The van der Waals surface area contributed by atoms with Gasteiger partial charge in [0.15, 0.2) is 0 Å². The molecule has 0 aliphatic rings. The maximum absolute atomic E-state index is 12.6. The highest BCUT2D eigenvalue weighted by atomic mass is 35.5. The number of nitrogens with zero attached hydrogens (tertiary/aromatic N) is 1. The van der Waals surface area contributed by atoms with Crippen molar-refractivity contribution in [2.45, 2.75) is 37.0 Å². The van der Waals surface area contributed by atoms with Crippen molar-refractivity contribution in [3.63, 3.8) is 0 Å². The molecule has 2 aromatic carbocycles. The van der Waals surface area contributed by atoms with Gasteiger partial charge in [0, 0.05) is 6.07 Å². The highest BCUT2D eigenvalue weighted by Crippen LogP contribution is 2.41. The summed E-state index contributed by atoms with van der Waals surface area (Å²) in [4.78, 5) is 23.1. The second kappa shape index (κ2) is 8.25. The van der Waals surface area contributed by atoms with E-state index in [1.54, 1.807) is 51.1 Å². The number of carbonyl (C=O) groups is 1. The first kappa shape index (κ1) is 21.2. The number of hydrogen-bond donors (Lipinski definition) is 0. The van der Waals surface area contributed by atoms with E-state index in [0.717, 1.165) is 0 Å². The van der Waals surface area contributed by atoms with E-state index in [0.29, 0.717) is 5.56 Å². The van der Waals surface area contributed by atoms with Crippen LogP contribution in [0.1, 0.15) is 36.7 Å². The van der Waals surface area contributed by atoms with Crippen LogP contribution >= 0.6 is 23.2 Å². The average molecular weight is 412 g/mol. The number of ether oxygens (including phenoxy) is 2. The summed E-state index contributed by atoms with van der Waals surface area (Å²) in [6, 6.07) is 14.0. The topological polar surface area (TPSA) is 78.7 Å². The molecule has 0 heterocycles. The highest BCUT2D eigenvalue weighted by Gasteiger charge is 2.43. The molecule has 0 spiro atoms. The Kier molecular flexibility index (Phi) is 6.46. The fourth-order valence-electron chi connectivity index (χ4n) is 2.26. The van der Waals surface area contributed by atoms with Crippen LogP contribution in [0.25, 0.3) is 0 Å². The SMILES string of the molecule is CC(C)(C)OC(OC(=O)c1ccccc1[N+](=O)[O-])C(Cl)(Cl)c1ccccc1. The number of nitro benzene ring substituents is 1. The van der Waals surface area contributed by atoms with E-state index >= 15 is 0 Å². The molecule has 0 fully saturated rings. The predicted octanol–water partition coefficient (Wildman–Crippen LogP) is 5.22. The van der Waals surface area contributed by atoms with Gasteiger partial charge in [-0.1, -0.05) is 65.7 Å². The molecule has 8 heteroatoms. The number of benzene rings is 2. The first-order valence-electron chi connectivity index (χ1n) is 8.08. The van der Waals surface area contributed by atoms with E-state index < -0.39 is 27.1 Å². The van der Waals surface area contributed by atoms with E-state index in [4.69, 9.17) is 32.7 Å². The van der Waals surface area contributed by atoms with Crippen molar-refractivity contribution in [3.8, 4) is 0 Å². The smallest absolute Gasteiger partial charge is 0.347 e. The van der Waals surface area contributed by atoms with Crippen molar-refractivity contribution in [3.05, 3.63) is 75.8 Å². The van der Waals surface area contributed by atoms with E-state index in [-0.39, 0.29) is 11.3 Å². The standard InChI is InChI=1S/C19H19Cl2NO5/c1-18(2,3)27-17(19(20,21)13-9-5-4-6-10-13)26-16(23)14-11-7-8-12-15(14)22(24)25/h4-12,17H,1-3H3. The molecule has 27 heavy (non-hydrogen) atoms. The summed E-state index contributed by atoms with van der Waals surface area (Å²) < 4.78 is 9.44. The van der Waals surface area contributed by atoms with E-state index in [9.17, 15) is 14.9 Å². The minimum atomic E-state index is -1.73. The van der Waals surface area contributed by atoms with Gasteiger partial charge < -0.3 is 9.47 Å². The monoisotopic (exact) mass is 411 g/mol. The Bertz CT molecular complexity index is 818. The molecule has 1 atom stereocenters. The quantitative estimate of drug-likeness (QED) is 0.214. The number of hydrogen-bond acceptors (Lipinski definition) is 5. The van der Waals surface area contributed by atoms with Gasteiger partial charge in [-0.05, 0) is 32.4 Å². The van der Waals surface area contributed by atoms with Gasteiger partial charge in [0.25, 0.3) is 5.69 Å². The molecule has 6 nitrogen and oxygen atoms in total. The van der Waals surface area contributed by atoms with Crippen molar-refractivity contribution in [2.24, 2.45) is 0 Å². The first-order valence-corrected chi connectivity index (χ1v) is 8.83. The van der Waals surface area contributed by atoms with Crippen molar-refractivity contribution in [1.82, 2.24) is 0 Å². The molecule has 0 aliphatic heterocycles. The van der Waals surface area contributed by atoms with Gasteiger partial charge in [-0.2, -0.15) is 0 Å². The van der Waals surface area contributed by atoms with Crippen LogP contribution in [-0.4, -0.2) is 22.8 Å². The zero-order valence-corrected chi connectivity index (χ0v) is 16.5. The molecular formula is C19H19Cl2NO5. The number of alkyl halides is 2. The van der Waals surface area contributed by atoms with Gasteiger partial charge in [0.05, 0.1) is 10.5 Å². The number of rotatable bonds is 6. The molecule has 0 aliphatic carbocycles. The summed E-state index contributed by atoms with van der Waals surface area (Å²) in [6.45, 7) is 5.23. The summed E-state index contributed by atoms with van der Waals surface area (Å²) >= 11 is 13.0. The van der Waals surface area contributed by atoms with Gasteiger partial charge in [-0.15, -0.1) is 0 Å². The Morgan fingerprint density at radius 3 is 2.15 bits per heavy atom. The molecule has 1 unspecified atom stereocenters. The zero-order valence-electron chi connectivity index (χ0n) is 15.0. The molecule has 2 aromatic rings. The summed E-state index contributed by atoms with van der Waals surface area (Å²) in [5.41, 5.74) is -0.899. The van der Waals surface area contributed by atoms with Crippen molar-refractivity contribution in [1.29, 1.82) is 0 Å².